The van der Waals surface area contributed by atoms with Crippen LogP contribution in [-0.2, 0) is 11.8 Å². The minimum atomic E-state index is -0.0719. The van der Waals surface area contributed by atoms with Gasteiger partial charge >= 0.3 is 0 Å². The summed E-state index contributed by atoms with van der Waals surface area (Å²) in [4.78, 5) is 0. The molecule has 2 heteroatoms. The van der Waals surface area contributed by atoms with Gasteiger partial charge in [0, 0.05) is 6.42 Å². The van der Waals surface area contributed by atoms with Gasteiger partial charge in [0.15, 0.2) is 0 Å². The number of nitriles is 1. The van der Waals surface area contributed by atoms with Gasteiger partial charge in [0.2, 0.25) is 0 Å². The Morgan fingerprint density at radius 3 is 2.44 bits per heavy atom. The lowest BCUT2D eigenvalue weighted by atomic mass is 9.84. The van der Waals surface area contributed by atoms with E-state index < -0.39 is 0 Å². The first-order chi connectivity index (χ1) is 7.36. The summed E-state index contributed by atoms with van der Waals surface area (Å²) in [7, 11) is 0. The second-order valence-electron chi connectivity index (χ2n) is 5.22. The molecule has 0 atom stereocenters. The fourth-order valence-corrected chi connectivity index (χ4v) is 1.77. The second kappa shape index (κ2) is 4.57. The van der Waals surface area contributed by atoms with E-state index in [4.69, 9.17) is 5.26 Å². The molecule has 0 bridgehead atoms. The van der Waals surface area contributed by atoms with Crippen LogP contribution in [0.2, 0.25) is 0 Å². The summed E-state index contributed by atoms with van der Waals surface area (Å²) in [6.45, 7) is 8.14. The highest BCUT2D eigenvalue weighted by Crippen LogP contribution is 2.34. The molecule has 0 spiro atoms. The van der Waals surface area contributed by atoms with Crippen molar-refractivity contribution in [3.05, 3.63) is 28.8 Å². The maximum atomic E-state index is 10.0. The third kappa shape index (κ3) is 2.76. The van der Waals surface area contributed by atoms with Crippen molar-refractivity contribution in [2.45, 2.75) is 46.0 Å². The molecule has 1 aromatic rings. The van der Waals surface area contributed by atoms with E-state index in [1.54, 1.807) is 0 Å². The maximum Gasteiger partial charge on any atom is 0.122 e. The lowest BCUT2D eigenvalue weighted by Gasteiger charge is -2.22. The van der Waals surface area contributed by atoms with Crippen molar-refractivity contribution < 1.29 is 5.11 Å². The van der Waals surface area contributed by atoms with Gasteiger partial charge in [-0.3, -0.25) is 0 Å². The van der Waals surface area contributed by atoms with E-state index in [9.17, 15) is 5.11 Å². The molecule has 0 saturated carbocycles. The Bertz CT molecular complexity index is 422. The summed E-state index contributed by atoms with van der Waals surface area (Å²) in [5, 5.41) is 18.6. The molecular formula is C14H19NO. The van der Waals surface area contributed by atoms with Gasteiger partial charge in [0.1, 0.15) is 5.75 Å². The van der Waals surface area contributed by atoms with Crippen molar-refractivity contribution in [1.82, 2.24) is 0 Å². The second-order valence-corrected chi connectivity index (χ2v) is 5.22. The Balaban J connectivity index is 3.18. The van der Waals surface area contributed by atoms with Crippen LogP contribution in [0.4, 0.5) is 0 Å². The Kier molecular flexibility index (Phi) is 3.59. The molecule has 1 N–H and O–H groups in total. The predicted molar refractivity (Wildman–Crippen MR) is 65.5 cm³/mol. The van der Waals surface area contributed by atoms with Crippen LogP contribution in [0.25, 0.3) is 0 Å². The lowest BCUT2D eigenvalue weighted by Crippen LogP contribution is -2.12. The van der Waals surface area contributed by atoms with Crippen LogP contribution >= 0.6 is 0 Å². The predicted octanol–water partition coefficient (Wildman–Crippen LogP) is 3.45. The third-order valence-corrected chi connectivity index (χ3v) is 2.69. The number of rotatable bonds is 2. The minimum Gasteiger partial charge on any atom is -0.507 e. The topological polar surface area (TPSA) is 44.0 Å². The Morgan fingerprint density at radius 2 is 1.94 bits per heavy atom. The molecule has 0 radical (unpaired) electrons. The Hall–Kier alpha value is -1.49. The molecular weight excluding hydrogens is 198 g/mol. The highest BCUT2D eigenvalue weighted by atomic mass is 16.3. The standard InChI is InChI=1S/C14H19NO/c1-10-8-11(6-5-7-15)9-12(13(10)16)14(2,3)4/h8-9,16H,5-6H2,1-4H3. The van der Waals surface area contributed by atoms with Gasteiger partial charge in [-0.15, -0.1) is 0 Å². The maximum absolute atomic E-state index is 10.0. The van der Waals surface area contributed by atoms with Crippen molar-refractivity contribution in [2.24, 2.45) is 0 Å². The van der Waals surface area contributed by atoms with Crippen molar-refractivity contribution in [2.75, 3.05) is 0 Å². The van der Waals surface area contributed by atoms with Gasteiger partial charge in [-0.1, -0.05) is 32.9 Å². The minimum absolute atomic E-state index is 0.0719. The molecule has 0 fully saturated rings. The highest BCUT2D eigenvalue weighted by Gasteiger charge is 2.19. The molecule has 16 heavy (non-hydrogen) atoms. The molecule has 0 aliphatic rings. The van der Waals surface area contributed by atoms with Crippen molar-refractivity contribution in [3.8, 4) is 11.8 Å². The van der Waals surface area contributed by atoms with Gasteiger partial charge in [-0.2, -0.15) is 5.26 Å². The van der Waals surface area contributed by atoms with Crippen molar-refractivity contribution in [1.29, 1.82) is 5.26 Å². The van der Waals surface area contributed by atoms with Crippen LogP contribution in [0.15, 0.2) is 12.1 Å². The first-order valence-corrected chi connectivity index (χ1v) is 5.56. The van der Waals surface area contributed by atoms with Gasteiger partial charge in [0.25, 0.3) is 0 Å². The van der Waals surface area contributed by atoms with Crippen LogP contribution in [0.3, 0.4) is 0 Å². The fraction of sp³-hybridized carbons (Fsp3) is 0.500. The van der Waals surface area contributed by atoms with E-state index >= 15 is 0 Å². The first kappa shape index (κ1) is 12.6. The average molecular weight is 217 g/mol. The van der Waals surface area contributed by atoms with Crippen LogP contribution in [0.5, 0.6) is 5.75 Å². The quantitative estimate of drug-likeness (QED) is 0.824. The summed E-state index contributed by atoms with van der Waals surface area (Å²) in [5.41, 5.74) is 2.90. The zero-order valence-corrected chi connectivity index (χ0v) is 10.5. The molecule has 0 heterocycles. The number of hydrogen-bond acceptors (Lipinski definition) is 2. The third-order valence-electron chi connectivity index (χ3n) is 2.69. The van der Waals surface area contributed by atoms with E-state index in [0.717, 1.165) is 23.1 Å². The lowest BCUT2D eigenvalue weighted by molar-refractivity contribution is 0.442. The van der Waals surface area contributed by atoms with Crippen LogP contribution in [0, 0.1) is 18.3 Å². The number of phenolic OH excluding ortho intramolecular Hbond substituents is 1. The van der Waals surface area contributed by atoms with Crippen molar-refractivity contribution >= 4 is 0 Å². The number of benzene rings is 1. The number of aryl methyl sites for hydroxylation is 2. The normalized spacial score (nSPS) is 11.2. The SMILES string of the molecule is Cc1cc(CCC#N)cc(C(C)(C)C)c1O. The van der Waals surface area contributed by atoms with Gasteiger partial charge in [-0.05, 0) is 35.4 Å². The monoisotopic (exact) mass is 217 g/mol. The first-order valence-electron chi connectivity index (χ1n) is 5.56. The summed E-state index contributed by atoms with van der Waals surface area (Å²) in [5.74, 6) is 0.383. The molecule has 0 aliphatic heterocycles. The fourth-order valence-electron chi connectivity index (χ4n) is 1.77. The smallest absolute Gasteiger partial charge is 0.122 e. The Labute approximate surface area is 97.5 Å². The van der Waals surface area contributed by atoms with Crippen LogP contribution < -0.4 is 0 Å². The molecule has 0 unspecified atom stereocenters. The highest BCUT2D eigenvalue weighted by molar-refractivity contribution is 5.46. The van der Waals surface area contributed by atoms with E-state index in [2.05, 4.69) is 26.8 Å². The molecule has 0 amide bonds. The van der Waals surface area contributed by atoms with Gasteiger partial charge in [0.05, 0.1) is 6.07 Å². The zero-order valence-electron chi connectivity index (χ0n) is 10.5. The molecule has 0 aromatic heterocycles. The van der Waals surface area contributed by atoms with Crippen LogP contribution in [-0.4, -0.2) is 5.11 Å². The van der Waals surface area contributed by atoms with Gasteiger partial charge in [-0.25, -0.2) is 0 Å². The summed E-state index contributed by atoms with van der Waals surface area (Å²) < 4.78 is 0. The summed E-state index contributed by atoms with van der Waals surface area (Å²) in [6.07, 6.45) is 1.27. The largest absolute Gasteiger partial charge is 0.507 e. The summed E-state index contributed by atoms with van der Waals surface area (Å²) in [6, 6.07) is 6.12. The number of phenols is 1. The van der Waals surface area contributed by atoms with Crippen LogP contribution in [0.1, 0.15) is 43.9 Å². The molecule has 86 valence electrons. The Morgan fingerprint density at radius 1 is 1.31 bits per heavy atom. The molecule has 1 aromatic carbocycles. The van der Waals surface area contributed by atoms with E-state index in [1.165, 1.54) is 0 Å². The van der Waals surface area contributed by atoms with E-state index in [0.29, 0.717) is 12.2 Å². The number of hydrogen-bond donors (Lipinski definition) is 1. The van der Waals surface area contributed by atoms with Crippen molar-refractivity contribution in [3.63, 3.8) is 0 Å². The molecule has 2 nitrogen and oxygen atoms in total. The van der Waals surface area contributed by atoms with Gasteiger partial charge < -0.3 is 5.11 Å². The van der Waals surface area contributed by atoms with E-state index in [-0.39, 0.29) is 5.41 Å². The zero-order chi connectivity index (χ0) is 12.3. The molecule has 0 saturated heterocycles. The molecule has 0 aliphatic carbocycles. The number of nitrogens with zero attached hydrogens (tertiary/aromatic N) is 1. The number of aromatic hydroxyl groups is 1. The summed E-state index contributed by atoms with van der Waals surface area (Å²) >= 11 is 0. The average Bonchev–Trinajstić information content (AvgIpc) is 2.17. The molecule has 1 rings (SSSR count). The van der Waals surface area contributed by atoms with E-state index in [1.807, 2.05) is 19.1 Å².